The summed E-state index contributed by atoms with van der Waals surface area (Å²) in [5, 5.41) is 2.64. The quantitative estimate of drug-likeness (QED) is 0.664. The molecule has 0 aliphatic carbocycles. The van der Waals surface area contributed by atoms with E-state index in [2.05, 4.69) is 54.1 Å². The van der Waals surface area contributed by atoms with Crippen LogP contribution in [0.3, 0.4) is 0 Å². The molecule has 0 radical (unpaired) electrons. The Morgan fingerprint density at radius 2 is 1.67 bits per heavy atom. The summed E-state index contributed by atoms with van der Waals surface area (Å²) < 4.78 is 3.86. The van der Waals surface area contributed by atoms with Gasteiger partial charge in [0.05, 0.1) is 7.11 Å². The van der Waals surface area contributed by atoms with E-state index in [1.807, 2.05) is 0 Å². The first-order chi connectivity index (χ1) is 7.27. The maximum absolute atomic E-state index is 8.95. The van der Waals surface area contributed by atoms with Crippen molar-refractivity contribution in [2.45, 2.75) is 6.92 Å². The molecule has 0 amide bonds. The van der Waals surface area contributed by atoms with Crippen molar-refractivity contribution in [2.24, 2.45) is 0 Å². The van der Waals surface area contributed by atoms with Crippen molar-refractivity contribution in [3.63, 3.8) is 0 Å². The van der Waals surface area contributed by atoms with Crippen molar-refractivity contribution in [1.29, 1.82) is 0 Å². The fourth-order valence-corrected chi connectivity index (χ4v) is 1.31. The molecule has 2 rings (SSSR count). The zero-order chi connectivity index (χ0) is 11.1. The highest BCUT2D eigenvalue weighted by Gasteiger charge is 1.89. The first-order valence-electron chi connectivity index (χ1n) is 4.70. The van der Waals surface area contributed by atoms with E-state index in [9.17, 15) is 0 Å². The summed E-state index contributed by atoms with van der Waals surface area (Å²) in [6.45, 7) is 2.49. The molecule has 0 fully saturated rings. The molecule has 0 N–H and O–H groups in total. The number of hydrogen-bond donors (Lipinski definition) is 0. The number of hydrogen-bond acceptors (Lipinski definition) is 2. The molecule has 2 aromatic rings. The fraction of sp³-hybridized carbons (Fsp3) is 0.154. The number of rotatable bonds is 1. The number of fused-ring (bicyclic) bond motifs is 1. The molecule has 0 aromatic heterocycles. The molecule has 0 bridgehead atoms. The minimum absolute atomic E-state index is 0.375. The van der Waals surface area contributed by atoms with Gasteiger partial charge in [0.2, 0.25) is 0 Å². The summed E-state index contributed by atoms with van der Waals surface area (Å²) in [7, 11) is 1.31. The number of aryl methyl sites for hydroxylation is 1. The number of carbonyl (C=O) groups excluding carboxylic acids is 1. The molecule has 78 valence electrons. The van der Waals surface area contributed by atoms with Gasteiger partial charge in [0.25, 0.3) is 6.47 Å². The van der Waals surface area contributed by atoms with Crippen molar-refractivity contribution in [3.05, 3.63) is 48.0 Å². The van der Waals surface area contributed by atoms with Gasteiger partial charge in [-0.25, -0.2) is 0 Å². The lowest BCUT2D eigenvalue weighted by Crippen LogP contribution is -1.73. The van der Waals surface area contributed by atoms with Gasteiger partial charge in [-0.15, -0.1) is 0 Å². The summed E-state index contributed by atoms with van der Waals surface area (Å²) in [4.78, 5) is 8.95. The Balaban J connectivity index is 0.000000245. The molecule has 0 saturated heterocycles. The van der Waals surface area contributed by atoms with Crippen LogP contribution in [0.2, 0.25) is 0 Å². The zero-order valence-corrected chi connectivity index (χ0v) is 8.94. The molecular formula is C13H14O2. The Bertz CT molecular complexity index is 435. The SMILES string of the molecule is COC=O.Cc1ccc2ccccc2c1. The number of ether oxygens (including phenoxy) is 1. The minimum atomic E-state index is 0.375. The lowest BCUT2D eigenvalue weighted by Gasteiger charge is -1.96. The van der Waals surface area contributed by atoms with Gasteiger partial charge >= 0.3 is 0 Å². The van der Waals surface area contributed by atoms with Crippen LogP contribution < -0.4 is 0 Å². The third-order valence-corrected chi connectivity index (χ3v) is 2.00. The Morgan fingerprint density at radius 3 is 2.27 bits per heavy atom. The van der Waals surface area contributed by atoms with Crippen molar-refractivity contribution in [1.82, 2.24) is 0 Å². The van der Waals surface area contributed by atoms with Crippen LogP contribution in [-0.2, 0) is 9.53 Å². The van der Waals surface area contributed by atoms with Crippen LogP contribution in [-0.4, -0.2) is 13.6 Å². The lowest BCUT2D eigenvalue weighted by molar-refractivity contribution is -0.126. The van der Waals surface area contributed by atoms with Gasteiger partial charge in [0, 0.05) is 0 Å². The molecule has 0 unspecified atom stereocenters. The predicted molar refractivity (Wildman–Crippen MR) is 61.8 cm³/mol. The maximum Gasteiger partial charge on any atom is 0.292 e. The van der Waals surface area contributed by atoms with Gasteiger partial charge in [-0.1, -0.05) is 48.0 Å². The summed E-state index contributed by atoms with van der Waals surface area (Å²) in [5.74, 6) is 0. The summed E-state index contributed by atoms with van der Waals surface area (Å²) in [5.41, 5.74) is 1.32. The van der Waals surface area contributed by atoms with E-state index in [1.54, 1.807) is 0 Å². The van der Waals surface area contributed by atoms with E-state index in [4.69, 9.17) is 4.79 Å². The van der Waals surface area contributed by atoms with Crippen LogP contribution in [0.4, 0.5) is 0 Å². The molecule has 0 heterocycles. The Labute approximate surface area is 89.5 Å². The highest BCUT2D eigenvalue weighted by Crippen LogP contribution is 2.14. The van der Waals surface area contributed by atoms with Gasteiger partial charge in [0.1, 0.15) is 0 Å². The van der Waals surface area contributed by atoms with Crippen LogP contribution >= 0.6 is 0 Å². The number of methoxy groups -OCH3 is 1. The van der Waals surface area contributed by atoms with E-state index < -0.39 is 0 Å². The minimum Gasteiger partial charge on any atom is -0.471 e. The second-order valence-electron chi connectivity index (χ2n) is 3.18. The molecule has 0 aliphatic heterocycles. The van der Waals surface area contributed by atoms with Crippen LogP contribution in [0.5, 0.6) is 0 Å². The molecule has 0 saturated carbocycles. The Hall–Kier alpha value is -1.83. The smallest absolute Gasteiger partial charge is 0.292 e. The van der Waals surface area contributed by atoms with Crippen LogP contribution in [0, 0.1) is 6.92 Å². The molecule has 2 aromatic carbocycles. The van der Waals surface area contributed by atoms with Gasteiger partial charge in [0.15, 0.2) is 0 Å². The average Bonchev–Trinajstić information content (AvgIpc) is 2.29. The number of carbonyl (C=O) groups is 1. The highest BCUT2D eigenvalue weighted by atomic mass is 16.5. The molecule has 0 atom stereocenters. The number of benzene rings is 2. The second-order valence-corrected chi connectivity index (χ2v) is 3.18. The molecule has 15 heavy (non-hydrogen) atoms. The largest absolute Gasteiger partial charge is 0.471 e. The fourth-order valence-electron chi connectivity index (χ4n) is 1.31. The van der Waals surface area contributed by atoms with Crippen LogP contribution in [0.25, 0.3) is 10.8 Å². The summed E-state index contributed by atoms with van der Waals surface area (Å²) in [6.07, 6.45) is 0. The maximum atomic E-state index is 8.95. The molecule has 2 nitrogen and oxygen atoms in total. The van der Waals surface area contributed by atoms with E-state index in [0.717, 1.165) is 0 Å². The van der Waals surface area contributed by atoms with Crippen molar-refractivity contribution >= 4 is 17.2 Å². The van der Waals surface area contributed by atoms with Gasteiger partial charge in [-0.2, -0.15) is 0 Å². The van der Waals surface area contributed by atoms with Gasteiger partial charge < -0.3 is 4.74 Å². The first kappa shape index (κ1) is 11.2. The van der Waals surface area contributed by atoms with Crippen molar-refractivity contribution in [2.75, 3.05) is 7.11 Å². The monoisotopic (exact) mass is 202 g/mol. The normalized spacial score (nSPS) is 8.93. The topological polar surface area (TPSA) is 26.3 Å². The van der Waals surface area contributed by atoms with Gasteiger partial charge in [-0.3, -0.25) is 4.79 Å². The molecular weight excluding hydrogens is 188 g/mol. The van der Waals surface area contributed by atoms with E-state index in [0.29, 0.717) is 6.47 Å². The standard InChI is InChI=1S/C11H10.C2H4O2/c1-9-6-7-10-4-2-3-5-11(10)8-9;1-4-2-3/h2-8H,1H3;2H,1H3. The van der Waals surface area contributed by atoms with E-state index >= 15 is 0 Å². The summed E-state index contributed by atoms with van der Waals surface area (Å²) >= 11 is 0. The molecule has 2 heteroatoms. The van der Waals surface area contributed by atoms with Crippen LogP contribution in [0.1, 0.15) is 5.56 Å². The third kappa shape index (κ3) is 3.43. The van der Waals surface area contributed by atoms with E-state index in [1.165, 1.54) is 23.4 Å². The molecule has 0 aliphatic rings. The first-order valence-corrected chi connectivity index (χ1v) is 4.70. The average molecular weight is 202 g/mol. The Kier molecular flexibility index (Phi) is 4.35. The molecule has 0 spiro atoms. The summed E-state index contributed by atoms with van der Waals surface area (Å²) in [6, 6.07) is 14.9. The van der Waals surface area contributed by atoms with E-state index in [-0.39, 0.29) is 0 Å². The third-order valence-electron chi connectivity index (χ3n) is 2.00. The van der Waals surface area contributed by atoms with Crippen molar-refractivity contribution < 1.29 is 9.53 Å². The van der Waals surface area contributed by atoms with Crippen molar-refractivity contribution in [3.8, 4) is 0 Å². The lowest BCUT2D eigenvalue weighted by atomic mass is 10.1. The van der Waals surface area contributed by atoms with Crippen LogP contribution in [0.15, 0.2) is 42.5 Å². The zero-order valence-electron chi connectivity index (χ0n) is 8.94. The predicted octanol–water partition coefficient (Wildman–Crippen LogP) is 2.94. The van der Waals surface area contributed by atoms with Gasteiger partial charge in [-0.05, 0) is 17.7 Å². The highest BCUT2D eigenvalue weighted by molar-refractivity contribution is 5.82. The second kappa shape index (κ2) is 5.81. The Morgan fingerprint density at radius 1 is 1.07 bits per heavy atom.